The number of H-pyrrole nitrogens is 1. The second-order valence-electron chi connectivity index (χ2n) is 7.02. The zero-order valence-corrected chi connectivity index (χ0v) is 15.7. The van der Waals surface area contributed by atoms with E-state index in [1.807, 2.05) is 0 Å². The first kappa shape index (κ1) is 17.7. The lowest BCUT2D eigenvalue weighted by Crippen LogP contribution is -2.23. The van der Waals surface area contributed by atoms with Crippen molar-refractivity contribution in [2.45, 2.75) is 26.8 Å². The molecule has 0 radical (unpaired) electrons. The van der Waals surface area contributed by atoms with Crippen molar-refractivity contribution in [3.63, 3.8) is 0 Å². The van der Waals surface area contributed by atoms with Gasteiger partial charge in [0, 0.05) is 29.7 Å². The number of halogens is 1. The Labute approximate surface area is 158 Å². The van der Waals surface area contributed by atoms with E-state index in [9.17, 15) is 9.18 Å². The average Bonchev–Trinajstić information content (AvgIpc) is 2.95. The van der Waals surface area contributed by atoms with Gasteiger partial charge in [-0.1, -0.05) is 38.1 Å². The maximum absolute atomic E-state index is 14.0. The van der Waals surface area contributed by atoms with Crippen LogP contribution in [0, 0.1) is 5.82 Å². The predicted molar refractivity (Wildman–Crippen MR) is 106 cm³/mol. The summed E-state index contributed by atoms with van der Waals surface area (Å²) in [4.78, 5) is 18.0. The highest BCUT2D eigenvalue weighted by atomic mass is 19.1. The van der Waals surface area contributed by atoms with Crippen molar-refractivity contribution >= 4 is 16.8 Å². The lowest BCUT2D eigenvalue weighted by molar-refractivity contribution is 0.0957. The molecule has 27 heavy (non-hydrogen) atoms. The molecule has 5 heteroatoms. The average molecular weight is 365 g/mol. The second-order valence-corrected chi connectivity index (χ2v) is 7.02. The van der Waals surface area contributed by atoms with Crippen molar-refractivity contribution in [1.82, 2.24) is 15.2 Å². The van der Waals surface area contributed by atoms with E-state index in [1.54, 1.807) is 0 Å². The van der Waals surface area contributed by atoms with E-state index < -0.39 is 5.82 Å². The highest BCUT2D eigenvalue weighted by Gasteiger charge is 2.23. The number of benzene rings is 2. The molecule has 0 fully saturated rings. The van der Waals surface area contributed by atoms with Crippen LogP contribution in [0.3, 0.4) is 0 Å². The summed E-state index contributed by atoms with van der Waals surface area (Å²) in [5.74, 6) is -0.609. The summed E-state index contributed by atoms with van der Waals surface area (Å²) in [6.07, 6.45) is 0.723. The van der Waals surface area contributed by atoms with Gasteiger partial charge in [-0.25, -0.2) is 4.39 Å². The fourth-order valence-corrected chi connectivity index (χ4v) is 3.92. The number of carbonyl (C=O) groups excluding carboxylic acids is 1. The Morgan fingerprint density at radius 3 is 2.56 bits per heavy atom. The van der Waals surface area contributed by atoms with Gasteiger partial charge in [0.1, 0.15) is 5.82 Å². The van der Waals surface area contributed by atoms with E-state index in [-0.39, 0.29) is 5.91 Å². The summed E-state index contributed by atoms with van der Waals surface area (Å²) in [7, 11) is 0. The van der Waals surface area contributed by atoms with E-state index in [1.165, 1.54) is 17.7 Å². The number of rotatable bonds is 5. The van der Waals surface area contributed by atoms with E-state index in [2.05, 4.69) is 53.3 Å². The summed E-state index contributed by atoms with van der Waals surface area (Å²) in [5.41, 5.74) is 5.48. The molecule has 2 N–H and O–H groups in total. The third-order valence-corrected chi connectivity index (χ3v) is 5.41. The number of aromatic amines is 1. The predicted octanol–water partition coefficient (Wildman–Crippen LogP) is 4.10. The molecule has 4 nitrogen and oxygen atoms in total. The minimum atomic E-state index is -0.400. The monoisotopic (exact) mass is 365 g/mol. The first-order valence-corrected chi connectivity index (χ1v) is 9.54. The maximum atomic E-state index is 14.0. The summed E-state index contributed by atoms with van der Waals surface area (Å²) < 4.78 is 14.0. The van der Waals surface area contributed by atoms with E-state index in [4.69, 9.17) is 0 Å². The summed E-state index contributed by atoms with van der Waals surface area (Å²) in [5, 5.41) is 3.70. The highest BCUT2D eigenvalue weighted by Crippen LogP contribution is 2.34. The summed E-state index contributed by atoms with van der Waals surface area (Å²) in [6, 6.07) is 11.3. The van der Waals surface area contributed by atoms with Gasteiger partial charge in [-0.2, -0.15) is 0 Å². The van der Waals surface area contributed by atoms with Gasteiger partial charge in [-0.05, 0) is 48.3 Å². The van der Waals surface area contributed by atoms with Crippen LogP contribution >= 0.6 is 0 Å². The lowest BCUT2D eigenvalue weighted by atomic mass is 9.99. The zero-order valence-electron chi connectivity index (χ0n) is 15.7. The number of aromatic nitrogens is 1. The molecule has 2 heterocycles. The standard InChI is InChI=1S/C22H24FN3O/c1-3-26(4-2)13-14-5-7-15(8-6-14)21-17-9-10-24-22(27)18-11-16(23)12-19(25-21)20(17)18/h5-8,11-12,25H,3-4,9-10,13H2,1-2H3,(H,24,27). The lowest BCUT2D eigenvalue weighted by Gasteiger charge is -2.18. The van der Waals surface area contributed by atoms with Crippen molar-refractivity contribution in [2.75, 3.05) is 19.6 Å². The number of hydrogen-bond acceptors (Lipinski definition) is 2. The van der Waals surface area contributed by atoms with Crippen LogP contribution in [0.25, 0.3) is 22.2 Å². The molecule has 4 rings (SSSR count). The van der Waals surface area contributed by atoms with Crippen LogP contribution in [0.5, 0.6) is 0 Å². The Morgan fingerprint density at radius 1 is 1.11 bits per heavy atom. The molecule has 0 atom stereocenters. The van der Waals surface area contributed by atoms with Crippen molar-refractivity contribution in [2.24, 2.45) is 0 Å². The van der Waals surface area contributed by atoms with Gasteiger partial charge in [0.25, 0.3) is 5.91 Å². The molecule has 2 aromatic carbocycles. The number of hydrogen-bond donors (Lipinski definition) is 2. The van der Waals surface area contributed by atoms with Gasteiger partial charge in [0.15, 0.2) is 0 Å². The van der Waals surface area contributed by atoms with Gasteiger partial charge >= 0.3 is 0 Å². The molecule has 0 spiro atoms. The summed E-state index contributed by atoms with van der Waals surface area (Å²) >= 11 is 0. The van der Waals surface area contributed by atoms with Gasteiger partial charge in [0.2, 0.25) is 0 Å². The van der Waals surface area contributed by atoms with Crippen molar-refractivity contribution in [1.29, 1.82) is 0 Å². The minimum absolute atomic E-state index is 0.210. The van der Waals surface area contributed by atoms with E-state index in [0.29, 0.717) is 17.6 Å². The van der Waals surface area contributed by atoms with Crippen LogP contribution in [0.2, 0.25) is 0 Å². The summed E-state index contributed by atoms with van der Waals surface area (Å²) in [6.45, 7) is 7.87. The van der Waals surface area contributed by atoms with Crippen molar-refractivity contribution in [3.05, 3.63) is 58.9 Å². The Hall–Kier alpha value is -2.66. The minimum Gasteiger partial charge on any atom is -0.354 e. The Kier molecular flexibility index (Phi) is 4.70. The Bertz CT molecular complexity index is 987. The smallest absolute Gasteiger partial charge is 0.252 e. The normalized spacial score (nSPS) is 13.9. The number of carbonyl (C=O) groups is 1. The maximum Gasteiger partial charge on any atom is 0.252 e. The van der Waals surface area contributed by atoms with Crippen LogP contribution in [0.4, 0.5) is 4.39 Å². The molecule has 1 aliphatic rings. The quantitative estimate of drug-likeness (QED) is 0.715. The molecule has 1 aromatic heterocycles. The third kappa shape index (κ3) is 3.23. The van der Waals surface area contributed by atoms with Crippen LogP contribution in [0.15, 0.2) is 36.4 Å². The van der Waals surface area contributed by atoms with Gasteiger partial charge in [0.05, 0.1) is 5.56 Å². The zero-order chi connectivity index (χ0) is 19.0. The Balaban J connectivity index is 1.77. The molecule has 1 amide bonds. The van der Waals surface area contributed by atoms with E-state index >= 15 is 0 Å². The van der Waals surface area contributed by atoms with Crippen molar-refractivity contribution < 1.29 is 9.18 Å². The van der Waals surface area contributed by atoms with Gasteiger partial charge in [-0.3, -0.25) is 9.69 Å². The molecule has 140 valence electrons. The van der Waals surface area contributed by atoms with Gasteiger partial charge < -0.3 is 10.3 Å². The van der Waals surface area contributed by atoms with Crippen LogP contribution in [-0.4, -0.2) is 35.4 Å². The molecule has 0 saturated carbocycles. The van der Waals surface area contributed by atoms with E-state index in [0.717, 1.165) is 48.3 Å². The second kappa shape index (κ2) is 7.16. The first-order chi connectivity index (χ1) is 13.1. The molecule has 1 aliphatic heterocycles. The fraction of sp³-hybridized carbons (Fsp3) is 0.318. The first-order valence-electron chi connectivity index (χ1n) is 9.54. The number of amides is 1. The molecule has 0 saturated heterocycles. The van der Waals surface area contributed by atoms with Gasteiger partial charge in [-0.15, -0.1) is 0 Å². The van der Waals surface area contributed by atoms with Crippen LogP contribution in [-0.2, 0) is 13.0 Å². The molecule has 0 aliphatic carbocycles. The molecule has 0 bridgehead atoms. The molecule has 0 unspecified atom stereocenters. The van der Waals surface area contributed by atoms with Crippen LogP contribution < -0.4 is 5.32 Å². The number of nitrogens with zero attached hydrogens (tertiary/aromatic N) is 1. The third-order valence-electron chi connectivity index (χ3n) is 5.41. The number of nitrogens with one attached hydrogen (secondary N) is 2. The van der Waals surface area contributed by atoms with Crippen LogP contribution in [0.1, 0.15) is 35.3 Å². The largest absolute Gasteiger partial charge is 0.354 e. The SMILES string of the molecule is CCN(CC)Cc1ccc(-c2[nH]c3cc(F)cc4c3c2CCNC4=O)cc1. The molecule has 3 aromatic rings. The molecular formula is C22H24FN3O. The fourth-order valence-electron chi connectivity index (χ4n) is 3.92. The highest BCUT2D eigenvalue weighted by molar-refractivity contribution is 6.10. The topological polar surface area (TPSA) is 48.1 Å². The van der Waals surface area contributed by atoms with Crippen molar-refractivity contribution in [3.8, 4) is 11.3 Å². The Morgan fingerprint density at radius 2 is 1.85 bits per heavy atom. The molecular weight excluding hydrogens is 341 g/mol.